The Hall–Kier alpha value is -2.31. The van der Waals surface area contributed by atoms with E-state index in [9.17, 15) is 4.79 Å². The zero-order valence-corrected chi connectivity index (χ0v) is 13.4. The second-order valence-electron chi connectivity index (χ2n) is 5.05. The third-order valence-electron chi connectivity index (χ3n) is 3.63. The van der Waals surface area contributed by atoms with Crippen molar-refractivity contribution < 1.29 is 13.6 Å². The Bertz CT molecular complexity index is 852. The summed E-state index contributed by atoms with van der Waals surface area (Å²) in [6.07, 6.45) is 2.03. The molecule has 0 saturated heterocycles. The van der Waals surface area contributed by atoms with Crippen LogP contribution in [0.25, 0.3) is 0 Å². The van der Waals surface area contributed by atoms with Gasteiger partial charge in [0.1, 0.15) is 11.8 Å². The minimum absolute atomic E-state index is 0.239. The molecule has 0 spiro atoms. The van der Waals surface area contributed by atoms with Gasteiger partial charge in [-0.2, -0.15) is 16.4 Å². The highest BCUT2D eigenvalue weighted by Gasteiger charge is 2.36. The minimum Gasteiger partial charge on any atom is -0.459 e. The number of carbonyl (C=O) groups excluding carboxylic acids is 1. The van der Waals surface area contributed by atoms with Crippen LogP contribution in [0, 0.1) is 0 Å². The van der Waals surface area contributed by atoms with Crippen LogP contribution in [0.1, 0.15) is 34.3 Å². The van der Waals surface area contributed by atoms with Crippen molar-refractivity contribution in [2.75, 3.05) is 0 Å². The number of hydrazone groups is 1. The Morgan fingerprint density at radius 1 is 1.35 bits per heavy atom. The molecule has 4 rings (SSSR count). The zero-order valence-electron chi connectivity index (χ0n) is 11.8. The topological polar surface area (TPSA) is 59.0 Å². The molecule has 5 nitrogen and oxygen atoms in total. The van der Waals surface area contributed by atoms with Gasteiger partial charge in [0.05, 0.1) is 12.0 Å². The van der Waals surface area contributed by atoms with E-state index in [4.69, 9.17) is 20.4 Å². The maximum atomic E-state index is 12.7. The van der Waals surface area contributed by atoms with Crippen LogP contribution in [-0.4, -0.2) is 16.6 Å². The van der Waals surface area contributed by atoms with Gasteiger partial charge in [0.2, 0.25) is 0 Å². The van der Waals surface area contributed by atoms with Crippen LogP contribution in [0.15, 0.2) is 61.3 Å². The number of carbonyl (C=O) groups is 1. The largest absolute Gasteiger partial charge is 0.459 e. The molecule has 1 aliphatic heterocycles. The van der Waals surface area contributed by atoms with Crippen LogP contribution in [-0.2, 0) is 0 Å². The number of nitrogens with zero attached hydrogens (tertiary/aromatic N) is 2. The van der Waals surface area contributed by atoms with E-state index in [2.05, 4.69) is 5.10 Å². The normalized spacial score (nSPS) is 17.5. The highest BCUT2D eigenvalue weighted by molar-refractivity contribution is 7.08. The van der Waals surface area contributed by atoms with E-state index < -0.39 is 0 Å². The molecule has 0 radical (unpaired) electrons. The van der Waals surface area contributed by atoms with Crippen LogP contribution in [0.2, 0.25) is 5.22 Å². The summed E-state index contributed by atoms with van der Waals surface area (Å²) in [5.41, 5.74) is 1.84. The van der Waals surface area contributed by atoms with Crippen LogP contribution in [0.3, 0.4) is 0 Å². The molecule has 0 unspecified atom stereocenters. The van der Waals surface area contributed by atoms with Gasteiger partial charge in [0, 0.05) is 12.0 Å². The van der Waals surface area contributed by atoms with Crippen molar-refractivity contribution in [3.8, 4) is 0 Å². The van der Waals surface area contributed by atoms with Gasteiger partial charge in [0.15, 0.2) is 11.0 Å². The van der Waals surface area contributed by atoms with E-state index in [1.54, 1.807) is 35.6 Å². The predicted molar refractivity (Wildman–Crippen MR) is 86.8 cm³/mol. The van der Waals surface area contributed by atoms with E-state index in [0.29, 0.717) is 12.2 Å². The summed E-state index contributed by atoms with van der Waals surface area (Å²) >= 11 is 7.46. The van der Waals surface area contributed by atoms with Gasteiger partial charge in [-0.1, -0.05) is 0 Å². The van der Waals surface area contributed by atoms with Crippen LogP contribution in [0.4, 0.5) is 0 Å². The molecule has 7 heteroatoms. The van der Waals surface area contributed by atoms with Gasteiger partial charge in [-0.15, -0.1) is 0 Å². The second-order valence-corrected chi connectivity index (χ2v) is 6.20. The lowest BCUT2D eigenvalue weighted by atomic mass is 10.0. The van der Waals surface area contributed by atoms with Gasteiger partial charge >= 0.3 is 5.91 Å². The summed E-state index contributed by atoms with van der Waals surface area (Å²) in [6.45, 7) is 0. The number of hydrogen-bond acceptors (Lipinski definition) is 5. The standard InChI is InChI=1S/C16H11ClN2O3S/c17-15-4-3-13(22-15)12-8-11(10-5-7-23-9-10)18-19(12)16(20)14-2-1-6-21-14/h1-7,9,12H,8H2/t12-/m0/s1. The fourth-order valence-corrected chi connectivity index (χ4v) is 3.36. The maximum absolute atomic E-state index is 12.7. The lowest BCUT2D eigenvalue weighted by molar-refractivity contribution is 0.0660. The molecule has 0 N–H and O–H groups in total. The van der Waals surface area contributed by atoms with Gasteiger partial charge in [-0.3, -0.25) is 4.79 Å². The first kappa shape index (κ1) is 14.3. The molecule has 1 aliphatic rings. The zero-order chi connectivity index (χ0) is 15.8. The number of amides is 1. The van der Waals surface area contributed by atoms with Crippen LogP contribution >= 0.6 is 22.9 Å². The number of furan rings is 2. The molecule has 3 aromatic heterocycles. The van der Waals surface area contributed by atoms with Crippen molar-refractivity contribution in [1.82, 2.24) is 5.01 Å². The Balaban J connectivity index is 1.72. The molecule has 0 fully saturated rings. The summed E-state index contributed by atoms with van der Waals surface area (Å²) < 4.78 is 10.7. The second kappa shape index (κ2) is 5.72. The molecule has 23 heavy (non-hydrogen) atoms. The van der Waals surface area contributed by atoms with E-state index in [1.165, 1.54) is 11.3 Å². The highest BCUT2D eigenvalue weighted by Crippen LogP contribution is 2.35. The molecule has 1 atom stereocenters. The highest BCUT2D eigenvalue weighted by atomic mass is 35.5. The van der Waals surface area contributed by atoms with Crippen molar-refractivity contribution >= 4 is 34.6 Å². The van der Waals surface area contributed by atoms with E-state index in [-0.39, 0.29) is 22.9 Å². The first-order valence-corrected chi connectivity index (χ1v) is 8.27. The summed E-state index contributed by atoms with van der Waals surface area (Å²) in [7, 11) is 0. The van der Waals surface area contributed by atoms with E-state index in [1.807, 2.05) is 16.8 Å². The molecule has 0 aliphatic carbocycles. The van der Waals surface area contributed by atoms with Crippen molar-refractivity contribution in [3.63, 3.8) is 0 Å². The summed E-state index contributed by atoms with van der Waals surface area (Å²) in [5.74, 6) is 0.532. The van der Waals surface area contributed by atoms with Gasteiger partial charge < -0.3 is 8.83 Å². The molecule has 0 saturated carbocycles. The molecular formula is C16H11ClN2O3S. The van der Waals surface area contributed by atoms with Gasteiger partial charge in [-0.05, 0) is 52.7 Å². The number of hydrogen-bond donors (Lipinski definition) is 0. The average molecular weight is 347 g/mol. The van der Waals surface area contributed by atoms with Crippen LogP contribution < -0.4 is 0 Å². The van der Waals surface area contributed by atoms with Crippen LogP contribution in [0.5, 0.6) is 0 Å². The number of thiophene rings is 1. The minimum atomic E-state index is -0.338. The number of rotatable bonds is 3. The molecule has 1 amide bonds. The molecule has 3 aromatic rings. The SMILES string of the molecule is O=C(c1ccco1)N1N=C(c2ccsc2)C[C@H]1c1ccc(Cl)o1. The third kappa shape index (κ3) is 2.60. The Labute approximate surface area is 140 Å². The molecular weight excluding hydrogens is 336 g/mol. The van der Waals surface area contributed by atoms with Crippen molar-refractivity contribution in [3.05, 3.63) is 69.7 Å². The lowest BCUT2D eigenvalue weighted by Crippen LogP contribution is -2.26. The molecule has 116 valence electrons. The summed E-state index contributed by atoms with van der Waals surface area (Å²) in [5, 5.41) is 10.2. The Morgan fingerprint density at radius 3 is 2.91 bits per heavy atom. The van der Waals surface area contributed by atoms with E-state index >= 15 is 0 Å². The summed E-state index contributed by atoms with van der Waals surface area (Å²) in [6, 6.07) is 8.36. The van der Waals surface area contributed by atoms with Crippen molar-refractivity contribution in [2.45, 2.75) is 12.5 Å². The smallest absolute Gasteiger partial charge is 0.310 e. The average Bonchev–Trinajstić information content (AvgIpc) is 3.31. The van der Waals surface area contributed by atoms with Gasteiger partial charge in [-0.25, -0.2) is 5.01 Å². The monoisotopic (exact) mass is 346 g/mol. The Morgan fingerprint density at radius 2 is 2.26 bits per heavy atom. The number of halogens is 1. The quantitative estimate of drug-likeness (QED) is 0.697. The van der Waals surface area contributed by atoms with Crippen molar-refractivity contribution in [2.24, 2.45) is 5.10 Å². The third-order valence-corrected chi connectivity index (χ3v) is 4.51. The molecule has 0 aromatic carbocycles. The molecule has 0 bridgehead atoms. The predicted octanol–water partition coefficient (Wildman–Crippen LogP) is 4.58. The fourth-order valence-electron chi connectivity index (χ4n) is 2.54. The molecule has 4 heterocycles. The van der Waals surface area contributed by atoms with E-state index in [0.717, 1.165) is 11.3 Å². The lowest BCUT2D eigenvalue weighted by Gasteiger charge is -2.18. The fraction of sp³-hybridized carbons (Fsp3) is 0.125. The van der Waals surface area contributed by atoms with Gasteiger partial charge in [0.25, 0.3) is 0 Å². The Kier molecular flexibility index (Phi) is 3.55. The first-order valence-electron chi connectivity index (χ1n) is 6.95. The first-order chi connectivity index (χ1) is 11.2. The maximum Gasteiger partial charge on any atom is 0.310 e. The summed E-state index contributed by atoms with van der Waals surface area (Å²) in [4.78, 5) is 12.7. The van der Waals surface area contributed by atoms with Crippen molar-refractivity contribution in [1.29, 1.82) is 0 Å².